The lowest BCUT2D eigenvalue weighted by Crippen LogP contribution is -2.13. The molecule has 0 fully saturated rings. The average Bonchev–Trinajstić information content (AvgIpc) is 3.08. The Morgan fingerprint density at radius 3 is 2.62 bits per heavy atom. The highest BCUT2D eigenvalue weighted by Crippen LogP contribution is 2.24. The number of aryl methyl sites for hydroxylation is 1. The maximum atomic E-state index is 12.3. The summed E-state index contributed by atoms with van der Waals surface area (Å²) >= 11 is 5.96. The number of benzene rings is 2. The van der Waals surface area contributed by atoms with E-state index in [1.54, 1.807) is 25.3 Å². The van der Waals surface area contributed by atoms with Crippen molar-refractivity contribution in [2.45, 2.75) is 6.92 Å². The third kappa shape index (κ3) is 3.41. The van der Waals surface area contributed by atoms with Gasteiger partial charge in [-0.15, -0.1) is 0 Å². The van der Waals surface area contributed by atoms with E-state index in [0.717, 1.165) is 16.9 Å². The van der Waals surface area contributed by atoms with Crippen LogP contribution in [0.3, 0.4) is 0 Å². The van der Waals surface area contributed by atoms with Gasteiger partial charge in [-0.1, -0.05) is 22.8 Å². The number of nitrogens with one attached hydrogen (secondary N) is 1. The predicted molar refractivity (Wildman–Crippen MR) is 92.6 cm³/mol. The first-order valence-electron chi connectivity index (χ1n) is 7.25. The van der Waals surface area contributed by atoms with Crippen molar-refractivity contribution in [1.82, 2.24) is 5.16 Å². The molecule has 3 rings (SSSR count). The Morgan fingerprint density at radius 1 is 1.17 bits per heavy atom. The lowest BCUT2D eigenvalue weighted by Gasteiger charge is -2.06. The van der Waals surface area contributed by atoms with E-state index in [-0.39, 0.29) is 11.6 Å². The lowest BCUT2D eigenvalue weighted by atomic mass is 10.1. The molecule has 6 heteroatoms. The number of hydrogen-bond donors (Lipinski definition) is 1. The molecular weight excluding hydrogens is 328 g/mol. The number of hydrogen-bond acceptors (Lipinski definition) is 4. The van der Waals surface area contributed by atoms with Crippen LogP contribution in [-0.4, -0.2) is 18.2 Å². The number of amides is 1. The standard InChI is InChI=1S/C18H15ClN2O3/c1-11-3-6-13(19)9-15(11)20-18(22)16-10-17(24-21-16)12-4-7-14(23-2)8-5-12/h3-10H,1-2H3,(H,20,22). The predicted octanol–water partition coefficient (Wildman–Crippen LogP) is 4.56. The van der Waals surface area contributed by atoms with Gasteiger partial charge in [-0.3, -0.25) is 4.79 Å². The van der Waals surface area contributed by atoms with Gasteiger partial charge in [0.1, 0.15) is 5.75 Å². The van der Waals surface area contributed by atoms with E-state index in [1.165, 1.54) is 0 Å². The molecular formula is C18H15ClN2O3. The Balaban J connectivity index is 1.79. The van der Waals surface area contributed by atoms with Gasteiger partial charge in [0, 0.05) is 22.3 Å². The molecule has 0 unspecified atom stereocenters. The largest absolute Gasteiger partial charge is 0.497 e. The van der Waals surface area contributed by atoms with Gasteiger partial charge in [0.25, 0.3) is 5.91 Å². The van der Waals surface area contributed by atoms with Gasteiger partial charge < -0.3 is 14.6 Å². The van der Waals surface area contributed by atoms with Crippen molar-refractivity contribution in [2.24, 2.45) is 0 Å². The molecule has 0 aliphatic rings. The summed E-state index contributed by atoms with van der Waals surface area (Å²) in [7, 11) is 1.60. The van der Waals surface area contributed by atoms with E-state index in [0.29, 0.717) is 16.5 Å². The molecule has 0 saturated carbocycles. The van der Waals surface area contributed by atoms with Gasteiger partial charge in [0.15, 0.2) is 11.5 Å². The Morgan fingerprint density at radius 2 is 1.92 bits per heavy atom. The Kier molecular flexibility index (Phi) is 4.53. The van der Waals surface area contributed by atoms with Crippen LogP contribution in [0.4, 0.5) is 5.69 Å². The number of carbonyl (C=O) groups is 1. The van der Waals surface area contributed by atoms with E-state index in [9.17, 15) is 4.79 Å². The molecule has 0 aliphatic carbocycles. The van der Waals surface area contributed by atoms with E-state index < -0.39 is 0 Å². The molecule has 3 aromatic rings. The van der Waals surface area contributed by atoms with Crippen molar-refractivity contribution in [2.75, 3.05) is 12.4 Å². The highest BCUT2D eigenvalue weighted by Gasteiger charge is 2.15. The highest BCUT2D eigenvalue weighted by molar-refractivity contribution is 6.31. The normalized spacial score (nSPS) is 10.5. The summed E-state index contributed by atoms with van der Waals surface area (Å²) in [5, 5.41) is 7.17. The van der Waals surface area contributed by atoms with Crippen molar-refractivity contribution < 1.29 is 14.1 Å². The Hall–Kier alpha value is -2.79. The molecule has 122 valence electrons. The number of aromatic nitrogens is 1. The van der Waals surface area contributed by atoms with Gasteiger partial charge in [-0.2, -0.15) is 0 Å². The molecule has 0 saturated heterocycles. The fraction of sp³-hybridized carbons (Fsp3) is 0.111. The van der Waals surface area contributed by atoms with Crippen LogP contribution in [0.15, 0.2) is 53.1 Å². The second-order valence-electron chi connectivity index (χ2n) is 5.22. The average molecular weight is 343 g/mol. The smallest absolute Gasteiger partial charge is 0.277 e. The summed E-state index contributed by atoms with van der Waals surface area (Å²) in [6, 6.07) is 14.2. The fourth-order valence-corrected chi connectivity index (χ4v) is 2.36. The van der Waals surface area contributed by atoms with Crippen molar-refractivity contribution >= 4 is 23.2 Å². The lowest BCUT2D eigenvalue weighted by molar-refractivity contribution is 0.101. The summed E-state index contributed by atoms with van der Waals surface area (Å²) in [4.78, 5) is 12.3. The first kappa shape index (κ1) is 16.1. The van der Waals surface area contributed by atoms with E-state index in [1.807, 2.05) is 37.3 Å². The van der Waals surface area contributed by atoms with Crippen LogP contribution in [0.2, 0.25) is 5.02 Å². The van der Waals surface area contributed by atoms with Crippen molar-refractivity contribution in [3.8, 4) is 17.1 Å². The number of halogens is 1. The maximum Gasteiger partial charge on any atom is 0.277 e. The minimum atomic E-state index is -0.358. The van der Waals surface area contributed by atoms with E-state index >= 15 is 0 Å². The zero-order valence-corrected chi connectivity index (χ0v) is 13.9. The van der Waals surface area contributed by atoms with Crippen LogP contribution in [0.5, 0.6) is 5.75 Å². The molecule has 0 radical (unpaired) electrons. The Bertz CT molecular complexity index is 872. The minimum Gasteiger partial charge on any atom is -0.497 e. The van der Waals surface area contributed by atoms with Crippen LogP contribution in [0.25, 0.3) is 11.3 Å². The molecule has 24 heavy (non-hydrogen) atoms. The molecule has 1 N–H and O–H groups in total. The van der Waals surface area contributed by atoms with Crippen LogP contribution >= 0.6 is 11.6 Å². The quantitative estimate of drug-likeness (QED) is 0.754. The van der Waals surface area contributed by atoms with Crippen LogP contribution in [-0.2, 0) is 0 Å². The van der Waals surface area contributed by atoms with Crippen LogP contribution in [0, 0.1) is 6.92 Å². The summed E-state index contributed by atoms with van der Waals surface area (Å²) in [6.45, 7) is 1.89. The first-order chi connectivity index (χ1) is 11.6. The molecule has 0 atom stereocenters. The SMILES string of the molecule is COc1ccc(-c2cc(C(=O)Nc3cc(Cl)ccc3C)no2)cc1. The van der Waals surface area contributed by atoms with Gasteiger partial charge in [-0.25, -0.2) is 0 Å². The molecule has 0 aliphatic heterocycles. The van der Waals surface area contributed by atoms with E-state index in [2.05, 4.69) is 10.5 Å². The second-order valence-corrected chi connectivity index (χ2v) is 5.65. The topological polar surface area (TPSA) is 64.4 Å². The zero-order chi connectivity index (χ0) is 17.1. The molecule has 0 spiro atoms. The van der Waals surface area contributed by atoms with Crippen molar-refractivity contribution in [3.63, 3.8) is 0 Å². The fourth-order valence-electron chi connectivity index (χ4n) is 2.19. The molecule has 2 aromatic carbocycles. The number of rotatable bonds is 4. The summed E-state index contributed by atoms with van der Waals surface area (Å²) in [6.07, 6.45) is 0. The summed E-state index contributed by atoms with van der Waals surface area (Å²) < 4.78 is 10.4. The minimum absolute atomic E-state index is 0.195. The Labute approximate surface area is 144 Å². The summed E-state index contributed by atoms with van der Waals surface area (Å²) in [5.41, 5.74) is 2.55. The zero-order valence-electron chi connectivity index (χ0n) is 13.2. The molecule has 1 aromatic heterocycles. The van der Waals surface area contributed by atoms with Gasteiger partial charge in [-0.05, 0) is 48.9 Å². The van der Waals surface area contributed by atoms with Crippen molar-refractivity contribution in [3.05, 3.63) is 64.8 Å². The molecule has 1 amide bonds. The second kappa shape index (κ2) is 6.76. The monoisotopic (exact) mass is 342 g/mol. The van der Waals surface area contributed by atoms with E-state index in [4.69, 9.17) is 20.9 Å². The highest BCUT2D eigenvalue weighted by atomic mass is 35.5. The number of ether oxygens (including phenoxy) is 1. The van der Waals surface area contributed by atoms with Gasteiger partial charge in [0.2, 0.25) is 0 Å². The summed E-state index contributed by atoms with van der Waals surface area (Å²) in [5.74, 6) is 0.891. The third-order valence-electron chi connectivity index (χ3n) is 3.57. The first-order valence-corrected chi connectivity index (χ1v) is 7.63. The molecule has 5 nitrogen and oxygen atoms in total. The van der Waals surface area contributed by atoms with Gasteiger partial charge >= 0.3 is 0 Å². The molecule has 1 heterocycles. The van der Waals surface area contributed by atoms with Crippen LogP contribution < -0.4 is 10.1 Å². The van der Waals surface area contributed by atoms with Crippen LogP contribution in [0.1, 0.15) is 16.1 Å². The maximum absolute atomic E-state index is 12.3. The van der Waals surface area contributed by atoms with Gasteiger partial charge in [0.05, 0.1) is 7.11 Å². The number of carbonyl (C=O) groups excluding carboxylic acids is 1. The number of anilines is 1. The number of methoxy groups -OCH3 is 1. The van der Waals surface area contributed by atoms with Crippen molar-refractivity contribution in [1.29, 1.82) is 0 Å². The number of nitrogens with zero attached hydrogens (tertiary/aromatic N) is 1. The molecule has 0 bridgehead atoms. The third-order valence-corrected chi connectivity index (χ3v) is 3.80.